The molecular weight excluding hydrogens is 238 g/mol. The zero-order valence-corrected chi connectivity index (χ0v) is 10.6. The second-order valence-electron chi connectivity index (χ2n) is 4.08. The first-order valence-electron chi connectivity index (χ1n) is 5.91. The molecule has 0 atom stereocenters. The highest BCUT2D eigenvalue weighted by Crippen LogP contribution is 2.21. The average molecular weight is 254 g/mol. The molecule has 1 N–H and O–H groups in total. The Labute approximate surface area is 106 Å². The zero-order chi connectivity index (χ0) is 12.3. The van der Waals surface area contributed by atoms with E-state index in [2.05, 4.69) is 10.3 Å². The number of anilines is 1. The third kappa shape index (κ3) is 2.69. The summed E-state index contributed by atoms with van der Waals surface area (Å²) in [7, 11) is 0. The van der Waals surface area contributed by atoms with Crippen LogP contribution >= 0.6 is 11.6 Å². The summed E-state index contributed by atoms with van der Waals surface area (Å²) in [4.78, 5) is 18.1. The Hall–Kier alpha value is -1.29. The summed E-state index contributed by atoms with van der Waals surface area (Å²) < 4.78 is 0. The lowest BCUT2D eigenvalue weighted by atomic mass is 10.2. The largest absolute Gasteiger partial charge is 0.369 e. The van der Waals surface area contributed by atoms with Crippen molar-refractivity contribution in [2.45, 2.75) is 19.8 Å². The van der Waals surface area contributed by atoms with Crippen molar-refractivity contribution in [3.8, 4) is 0 Å². The monoisotopic (exact) mass is 253 g/mol. The van der Waals surface area contributed by atoms with E-state index in [1.165, 1.54) is 0 Å². The van der Waals surface area contributed by atoms with Gasteiger partial charge in [0.15, 0.2) is 0 Å². The minimum absolute atomic E-state index is 0.0277. The lowest BCUT2D eigenvalue weighted by Crippen LogP contribution is -2.27. The van der Waals surface area contributed by atoms with E-state index in [4.69, 9.17) is 11.6 Å². The van der Waals surface area contributed by atoms with Crippen LogP contribution in [0.15, 0.2) is 12.3 Å². The predicted octanol–water partition coefficient (Wildman–Crippen LogP) is 2.40. The van der Waals surface area contributed by atoms with Crippen LogP contribution in [0.25, 0.3) is 0 Å². The predicted molar refractivity (Wildman–Crippen MR) is 68.5 cm³/mol. The van der Waals surface area contributed by atoms with Gasteiger partial charge < -0.3 is 10.2 Å². The first-order valence-corrected chi connectivity index (χ1v) is 6.29. The van der Waals surface area contributed by atoms with Gasteiger partial charge in [0.05, 0.1) is 10.6 Å². The molecular formula is C12H16ClN3O. The van der Waals surface area contributed by atoms with Crippen molar-refractivity contribution in [1.82, 2.24) is 9.88 Å². The van der Waals surface area contributed by atoms with Gasteiger partial charge in [0, 0.05) is 25.8 Å². The number of carbonyl (C=O) groups excluding carboxylic acids is 1. The van der Waals surface area contributed by atoms with Gasteiger partial charge in [-0.2, -0.15) is 0 Å². The van der Waals surface area contributed by atoms with Crippen LogP contribution in [0.1, 0.15) is 30.1 Å². The highest BCUT2D eigenvalue weighted by atomic mass is 35.5. The fourth-order valence-electron chi connectivity index (χ4n) is 1.96. The number of carbonyl (C=O) groups is 1. The highest BCUT2D eigenvalue weighted by Gasteiger charge is 2.20. The molecule has 4 nitrogen and oxygen atoms in total. The van der Waals surface area contributed by atoms with Crippen molar-refractivity contribution in [3.63, 3.8) is 0 Å². The quantitative estimate of drug-likeness (QED) is 0.900. The van der Waals surface area contributed by atoms with Crippen LogP contribution in [-0.4, -0.2) is 35.4 Å². The highest BCUT2D eigenvalue weighted by molar-refractivity contribution is 6.33. The summed E-state index contributed by atoms with van der Waals surface area (Å²) in [5.74, 6) is 0.659. The SMILES string of the molecule is CCNc1ncc(C(=O)N2CCCC2)cc1Cl. The molecule has 17 heavy (non-hydrogen) atoms. The molecule has 0 bridgehead atoms. The van der Waals surface area contributed by atoms with Crippen molar-refractivity contribution in [3.05, 3.63) is 22.8 Å². The number of halogens is 1. The Balaban J connectivity index is 2.16. The van der Waals surface area contributed by atoms with Crippen LogP contribution in [0.5, 0.6) is 0 Å². The van der Waals surface area contributed by atoms with Crippen molar-refractivity contribution in [1.29, 1.82) is 0 Å². The first-order chi connectivity index (χ1) is 8.22. The topological polar surface area (TPSA) is 45.2 Å². The van der Waals surface area contributed by atoms with E-state index in [9.17, 15) is 4.79 Å². The van der Waals surface area contributed by atoms with Crippen LogP contribution in [0.4, 0.5) is 5.82 Å². The smallest absolute Gasteiger partial charge is 0.255 e. The zero-order valence-electron chi connectivity index (χ0n) is 9.87. The normalized spacial score (nSPS) is 15.1. The molecule has 1 saturated heterocycles. The number of rotatable bonds is 3. The maximum atomic E-state index is 12.1. The first kappa shape index (κ1) is 12.2. The molecule has 1 aliphatic rings. The second-order valence-corrected chi connectivity index (χ2v) is 4.49. The summed E-state index contributed by atoms with van der Waals surface area (Å²) in [5.41, 5.74) is 0.568. The molecule has 1 fully saturated rings. The Kier molecular flexibility index (Phi) is 3.84. The third-order valence-corrected chi connectivity index (χ3v) is 3.11. The van der Waals surface area contributed by atoms with E-state index in [1.54, 1.807) is 12.3 Å². The molecule has 0 aromatic carbocycles. The Morgan fingerprint density at radius 3 is 2.82 bits per heavy atom. The minimum atomic E-state index is 0.0277. The molecule has 1 amide bonds. The molecule has 5 heteroatoms. The molecule has 1 aromatic heterocycles. The number of aromatic nitrogens is 1. The molecule has 92 valence electrons. The van der Waals surface area contributed by atoms with Gasteiger partial charge in [-0.25, -0.2) is 4.98 Å². The van der Waals surface area contributed by atoms with Gasteiger partial charge in [0.25, 0.3) is 5.91 Å². The van der Waals surface area contributed by atoms with E-state index < -0.39 is 0 Å². The minimum Gasteiger partial charge on any atom is -0.369 e. The van der Waals surface area contributed by atoms with E-state index in [0.717, 1.165) is 32.5 Å². The molecule has 0 unspecified atom stereocenters. The fourth-order valence-corrected chi connectivity index (χ4v) is 2.19. The molecule has 2 rings (SSSR count). The number of nitrogens with zero attached hydrogens (tertiary/aromatic N) is 2. The van der Waals surface area contributed by atoms with Crippen LogP contribution in [0.3, 0.4) is 0 Å². The average Bonchev–Trinajstić information content (AvgIpc) is 2.84. The number of pyridine rings is 1. The number of hydrogen-bond donors (Lipinski definition) is 1. The van der Waals surface area contributed by atoms with Crippen LogP contribution in [0, 0.1) is 0 Å². The second kappa shape index (κ2) is 5.36. The number of nitrogens with one attached hydrogen (secondary N) is 1. The van der Waals surface area contributed by atoms with E-state index >= 15 is 0 Å². The lowest BCUT2D eigenvalue weighted by Gasteiger charge is -2.15. The summed E-state index contributed by atoms with van der Waals surface area (Å²) in [5, 5.41) is 3.54. The van der Waals surface area contributed by atoms with Crippen molar-refractivity contribution in [2.75, 3.05) is 25.0 Å². The Morgan fingerprint density at radius 2 is 2.24 bits per heavy atom. The van der Waals surface area contributed by atoms with Gasteiger partial charge in [-0.3, -0.25) is 4.79 Å². The summed E-state index contributed by atoms with van der Waals surface area (Å²) in [6.07, 6.45) is 3.76. The molecule has 2 heterocycles. The van der Waals surface area contributed by atoms with Crippen LogP contribution < -0.4 is 5.32 Å². The Morgan fingerprint density at radius 1 is 1.53 bits per heavy atom. The van der Waals surface area contributed by atoms with E-state index in [1.807, 2.05) is 11.8 Å². The van der Waals surface area contributed by atoms with Crippen molar-refractivity contribution < 1.29 is 4.79 Å². The van der Waals surface area contributed by atoms with E-state index in [0.29, 0.717) is 16.4 Å². The molecule has 0 aliphatic carbocycles. The maximum absolute atomic E-state index is 12.1. The molecule has 0 radical (unpaired) electrons. The standard InChI is InChI=1S/C12H16ClN3O/c1-2-14-11-10(13)7-9(8-15-11)12(17)16-5-3-4-6-16/h7-8H,2-6H2,1H3,(H,14,15). The molecule has 1 aromatic rings. The van der Waals surface area contributed by atoms with Crippen LogP contribution in [-0.2, 0) is 0 Å². The number of amides is 1. The van der Waals surface area contributed by atoms with E-state index in [-0.39, 0.29) is 5.91 Å². The maximum Gasteiger partial charge on any atom is 0.255 e. The van der Waals surface area contributed by atoms with Gasteiger partial charge in [-0.15, -0.1) is 0 Å². The van der Waals surface area contributed by atoms with Crippen molar-refractivity contribution >= 4 is 23.3 Å². The van der Waals surface area contributed by atoms with Gasteiger partial charge >= 0.3 is 0 Å². The third-order valence-electron chi connectivity index (χ3n) is 2.83. The summed E-state index contributed by atoms with van der Waals surface area (Å²) in [6.45, 7) is 4.41. The Bertz CT molecular complexity index is 416. The van der Waals surface area contributed by atoms with Crippen LogP contribution in [0.2, 0.25) is 5.02 Å². The van der Waals surface area contributed by atoms with Gasteiger partial charge in [-0.05, 0) is 25.8 Å². The molecule has 0 saturated carbocycles. The summed E-state index contributed by atoms with van der Waals surface area (Å²) in [6, 6.07) is 1.69. The molecule has 0 spiro atoms. The fraction of sp³-hybridized carbons (Fsp3) is 0.500. The van der Waals surface area contributed by atoms with Gasteiger partial charge in [0.1, 0.15) is 5.82 Å². The summed E-state index contributed by atoms with van der Waals surface area (Å²) >= 11 is 6.06. The van der Waals surface area contributed by atoms with Crippen molar-refractivity contribution in [2.24, 2.45) is 0 Å². The van der Waals surface area contributed by atoms with Gasteiger partial charge in [-0.1, -0.05) is 11.6 Å². The number of hydrogen-bond acceptors (Lipinski definition) is 3. The van der Waals surface area contributed by atoms with Gasteiger partial charge in [0.2, 0.25) is 0 Å². The molecule has 1 aliphatic heterocycles. The number of likely N-dealkylation sites (tertiary alicyclic amines) is 1. The lowest BCUT2D eigenvalue weighted by molar-refractivity contribution is 0.0792.